The minimum atomic E-state index is -4.03. The zero-order valence-electron chi connectivity index (χ0n) is 31.8. The second kappa shape index (κ2) is 18.0. The van der Waals surface area contributed by atoms with Crippen LogP contribution in [0.4, 0.5) is 0 Å². The molecule has 0 saturated heterocycles. The van der Waals surface area contributed by atoms with Gasteiger partial charge in [-0.3, -0.25) is 9.59 Å². The normalized spacial score (nSPS) is 12.5. The first-order valence-electron chi connectivity index (χ1n) is 18.5. The van der Waals surface area contributed by atoms with Gasteiger partial charge in [0.15, 0.2) is 0 Å². The molecular weight excluding hydrogens is 583 g/mol. The van der Waals surface area contributed by atoms with Crippen molar-refractivity contribution in [2.24, 2.45) is 0 Å². The van der Waals surface area contributed by atoms with Crippen molar-refractivity contribution in [1.82, 2.24) is 0 Å². The van der Waals surface area contributed by atoms with Crippen LogP contribution in [0.5, 0.6) is 0 Å². The highest BCUT2D eigenvalue weighted by Gasteiger charge is 2.44. The van der Waals surface area contributed by atoms with Gasteiger partial charge in [0, 0.05) is 17.3 Å². The summed E-state index contributed by atoms with van der Waals surface area (Å²) >= 11 is 0. The Morgan fingerprint density at radius 2 is 0.761 bits per heavy atom. The molecule has 0 heterocycles. The summed E-state index contributed by atoms with van der Waals surface area (Å²) in [7, 11) is -4.03. The minimum absolute atomic E-state index is 0.0598. The molecule has 0 fully saturated rings. The third kappa shape index (κ3) is 9.78. The van der Waals surface area contributed by atoms with Crippen molar-refractivity contribution in [2.75, 3.05) is 6.16 Å². The summed E-state index contributed by atoms with van der Waals surface area (Å²) in [6.45, 7) is 27.7. The fourth-order valence-electron chi connectivity index (χ4n) is 6.53. The van der Waals surface area contributed by atoms with Crippen LogP contribution in [0.25, 0.3) is 0 Å². The zero-order valence-corrected chi connectivity index (χ0v) is 32.7. The average Bonchev–Trinajstić information content (AvgIpc) is 2.99. The van der Waals surface area contributed by atoms with Crippen molar-refractivity contribution in [1.29, 1.82) is 0 Å². The molecule has 0 aliphatic carbocycles. The average molecular weight is 651 g/mol. The summed E-state index contributed by atoms with van der Waals surface area (Å²) in [5.41, 5.74) is 6.31. The number of carbonyl (C=O) groups is 2. The first-order valence-corrected chi connectivity index (χ1v) is 20.4. The molecule has 46 heavy (non-hydrogen) atoms. The van der Waals surface area contributed by atoms with Crippen LogP contribution in [0, 0.1) is 0 Å². The van der Waals surface area contributed by atoms with Crippen LogP contribution in [0.15, 0.2) is 24.3 Å². The minimum Gasteiger partial charge on any atom is -0.307 e. The van der Waals surface area contributed by atoms with E-state index in [1.165, 1.54) is 36.8 Å². The number of rotatable bonds is 19. The summed E-state index contributed by atoms with van der Waals surface area (Å²) in [5.74, 6) is 0.835. The maximum atomic E-state index is 15.6. The third-order valence-electron chi connectivity index (χ3n) is 9.68. The van der Waals surface area contributed by atoms with Crippen LogP contribution in [-0.2, 0) is 4.57 Å². The monoisotopic (exact) mass is 650 g/mol. The molecule has 4 heteroatoms. The van der Waals surface area contributed by atoms with Gasteiger partial charge in [-0.15, -0.1) is 0 Å². The molecular formula is C42H67O3P. The highest BCUT2D eigenvalue weighted by molar-refractivity contribution is 7.95. The topological polar surface area (TPSA) is 51.2 Å². The van der Waals surface area contributed by atoms with E-state index in [4.69, 9.17) is 0 Å². The van der Waals surface area contributed by atoms with Crippen molar-refractivity contribution < 1.29 is 14.2 Å². The summed E-state index contributed by atoms with van der Waals surface area (Å²) in [6.07, 6.45) is 8.77. The molecule has 0 aliphatic heterocycles. The molecule has 3 nitrogen and oxygen atoms in total. The predicted molar refractivity (Wildman–Crippen MR) is 201 cm³/mol. The molecule has 2 aromatic carbocycles. The summed E-state index contributed by atoms with van der Waals surface area (Å²) in [6, 6.07) is 8.54. The van der Waals surface area contributed by atoms with Crippen LogP contribution >= 0.6 is 7.14 Å². The van der Waals surface area contributed by atoms with Crippen molar-refractivity contribution in [3.63, 3.8) is 0 Å². The Hall–Kier alpha value is -1.99. The Labute approximate surface area is 283 Å². The van der Waals surface area contributed by atoms with Crippen LogP contribution in [-0.4, -0.2) is 17.2 Å². The Morgan fingerprint density at radius 1 is 0.478 bits per heavy atom. The number of unbranched alkanes of at least 4 members (excludes halogenated alkanes) is 7. The van der Waals surface area contributed by atoms with E-state index >= 15 is 14.2 Å². The largest absolute Gasteiger partial charge is 0.307 e. The molecule has 0 unspecified atom stereocenters. The van der Waals surface area contributed by atoms with Gasteiger partial charge in [0.25, 0.3) is 0 Å². The standard InChI is InChI=1S/C42H67O3P/c1-14-15-16-17-18-19-20-21-22-46(45,41(43)39-35(29(6)7)23-33(27(2)3)24-36(39)30(8)9)42(44)40-37(31(10)11)25-34(28(4)5)26-38(40)32(12)13/h23-32H,14-22H2,1-13H3. The van der Waals surface area contributed by atoms with Crippen molar-refractivity contribution >= 4 is 18.2 Å². The fourth-order valence-corrected chi connectivity index (χ4v) is 9.03. The highest BCUT2D eigenvalue weighted by atomic mass is 31.2. The maximum absolute atomic E-state index is 15.6. The first-order chi connectivity index (χ1) is 21.5. The summed E-state index contributed by atoms with van der Waals surface area (Å²) in [4.78, 5) is 30.2. The second-order valence-corrected chi connectivity index (χ2v) is 18.4. The first kappa shape index (κ1) is 40.2. The van der Waals surface area contributed by atoms with Gasteiger partial charge >= 0.3 is 0 Å². The number of carbonyl (C=O) groups excluding carboxylic acids is 2. The Bertz CT molecular complexity index is 1210. The molecule has 0 amide bonds. The zero-order chi connectivity index (χ0) is 34.9. The number of hydrogen-bond acceptors (Lipinski definition) is 3. The maximum Gasteiger partial charge on any atom is 0.229 e. The molecule has 0 bridgehead atoms. The second-order valence-electron chi connectivity index (χ2n) is 15.6. The van der Waals surface area contributed by atoms with Crippen LogP contribution in [0.2, 0.25) is 0 Å². The molecule has 0 aromatic heterocycles. The lowest BCUT2D eigenvalue weighted by Crippen LogP contribution is -2.21. The molecule has 258 valence electrons. The van der Waals surface area contributed by atoms with E-state index in [0.29, 0.717) is 29.4 Å². The van der Waals surface area contributed by atoms with Gasteiger partial charge in [-0.2, -0.15) is 0 Å². The molecule has 0 saturated carbocycles. The highest BCUT2D eigenvalue weighted by Crippen LogP contribution is 2.56. The smallest absolute Gasteiger partial charge is 0.229 e. The molecule has 2 aromatic rings. The molecule has 0 radical (unpaired) electrons. The van der Waals surface area contributed by atoms with Gasteiger partial charge in [0.1, 0.15) is 0 Å². The van der Waals surface area contributed by atoms with Crippen molar-refractivity contribution in [3.05, 3.63) is 68.8 Å². The van der Waals surface area contributed by atoms with Gasteiger partial charge in [-0.1, -0.05) is 159 Å². The van der Waals surface area contributed by atoms with E-state index in [9.17, 15) is 0 Å². The van der Waals surface area contributed by atoms with E-state index in [1.54, 1.807) is 0 Å². The van der Waals surface area contributed by atoms with E-state index in [0.717, 1.165) is 41.5 Å². The lowest BCUT2D eigenvalue weighted by Gasteiger charge is -2.27. The lowest BCUT2D eigenvalue weighted by molar-refractivity contribution is 0.103. The van der Waals surface area contributed by atoms with Gasteiger partial charge in [-0.05, 0) is 75.3 Å². The predicted octanol–water partition coefficient (Wildman–Crippen LogP) is 13.9. The van der Waals surface area contributed by atoms with E-state index in [1.807, 2.05) is 0 Å². The SMILES string of the molecule is CCCCCCCCCCP(=O)(C(=O)c1c(C(C)C)cc(C(C)C)cc1C(C)C)C(=O)c1c(C(C)C)cc(C(C)C)cc1C(C)C. The molecule has 0 spiro atoms. The van der Waals surface area contributed by atoms with Gasteiger partial charge in [-0.25, -0.2) is 0 Å². The Balaban J connectivity index is 2.83. The summed E-state index contributed by atoms with van der Waals surface area (Å²) in [5, 5.41) is 0. The quantitative estimate of drug-likeness (QED) is 0.112. The van der Waals surface area contributed by atoms with Gasteiger partial charge in [0.05, 0.1) is 0 Å². The van der Waals surface area contributed by atoms with E-state index in [-0.39, 0.29) is 29.8 Å². The molecule has 2 rings (SSSR count). The van der Waals surface area contributed by atoms with Crippen molar-refractivity contribution in [2.45, 2.75) is 177 Å². The number of benzene rings is 2. The lowest BCUT2D eigenvalue weighted by atomic mass is 9.85. The van der Waals surface area contributed by atoms with Crippen LogP contribution in [0.3, 0.4) is 0 Å². The molecule has 0 N–H and O–H groups in total. The van der Waals surface area contributed by atoms with Gasteiger partial charge < -0.3 is 4.57 Å². The molecule has 0 atom stereocenters. The Morgan fingerprint density at radius 3 is 1.02 bits per heavy atom. The Kier molecular flexibility index (Phi) is 15.7. The van der Waals surface area contributed by atoms with Gasteiger partial charge in [0.2, 0.25) is 18.2 Å². The summed E-state index contributed by atoms with van der Waals surface area (Å²) < 4.78 is 15.6. The van der Waals surface area contributed by atoms with Crippen molar-refractivity contribution in [3.8, 4) is 0 Å². The molecule has 0 aliphatic rings. The van der Waals surface area contributed by atoms with Crippen LogP contribution < -0.4 is 0 Å². The third-order valence-corrected chi connectivity index (χ3v) is 12.4. The van der Waals surface area contributed by atoms with E-state index < -0.39 is 18.2 Å². The number of hydrogen-bond donors (Lipinski definition) is 0. The fraction of sp³-hybridized carbons (Fsp3) is 0.667. The van der Waals surface area contributed by atoms with Crippen LogP contribution in [0.1, 0.15) is 231 Å². The van der Waals surface area contributed by atoms with E-state index in [2.05, 4.69) is 114 Å².